The second-order valence-corrected chi connectivity index (χ2v) is 4.65. The predicted molar refractivity (Wildman–Crippen MR) is 86.1 cm³/mol. The Balaban J connectivity index is 2.08. The SMILES string of the molecule is CCOc1cccc(C(=O)NCc2cc(OC)ccc2OC)n1. The quantitative estimate of drug-likeness (QED) is 0.849. The van der Waals surface area contributed by atoms with Crippen molar-refractivity contribution in [1.29, 1.82) is 0 Å². The van der Waals surface area contributed by atoms with E-state index < -0.39 is 0 Å². The van der Waals surface area contributed by atoms with E-state index in [0.717, 1.165) is 5.56 Å². The zero-order valence-electron chi connectivity index (χ0n) is 13.5. The van der Waals surface area contributed by atoms with Gasteiger partial charge >= 0.3 is 0 Å². The maximum atomic E-state index is 12.2. The van der Waals surface area contributed by atoms with Crippen molar-refractivity contribution in [3.8, 4) is 17.4 Å². The molecule has 0 bridgehead atoms. The minimum atomic E-state index is -0.281. The lowest BCUT2D eigenvalue weighted by Gasteiger charge is -2.11. The van der Waals surface area contributed by atoms with Crippen LogP contribution in [0.4, 0.5) is 0 Å². The first-order valence-electron chi connectivity index (χ1n) is 7.27. The Labute approximate surface area is 135 Å². The standard InChI is InChI=1S/C17H20N2O4/c1-4-23-16-7-5-6-14(19-16)17(20)18-11-12-10-13(21-2)8-9-15(12)22-3/h5-10H,4,11H2,1-3H3,(H,18,20). The number of methoxy groups -OCH3 is 2. The molecular formula is C17H20N2O4. The number of amides is 1. The Morgan fingerprint density at radius 1 is 1.17 bits per heavy atom. The molecule has 0 fully saturated rings. The van der Waals surface area contributed by atoms with E-state index in [0.29, 0.717) is 36.2 Å². The monoisotopic (exact) mass is 316 g/mol. The smallest absolute Gasteiger partial charge is 0.270 e. The van der Waals surface area contributed by atoms with Gasteiger partial charge in [0.25, 0.3) is 5.91 Å². The second kappa shape index (κ2) is 8.03. The van der Waals surface area contributed by atoms with E-state index >= 15 is 0 Å². The third-order valence-corrected chi connectivity index (χ3v) is 3.18. The zero-order chi connectivity index (χ0) is 16.7. The van der Waals surface area contributed by atoms with Gasteiger partial charge < -0.3 is 19.5 Å². The maximum Gasteiger partial charge on any atom is 0.270 e. The summed E-state index contributed by atoms with van der Waals surface area (Å²) in [6, 6.07) is 10.5. The number of carbonyl (C=O) groups excluding carboxylic acids is 1. The van der Waals surface area contributed by atoms with Crippen LogP contribution < -0.4 is 19.5 Å². The summed E-state index contributed by atoms with van der Waals surface area (Å²) in [5.74, 6) is 1.53. The van der Waals surface area contributed by atoms with Crippen LogP contribution >= 0.6 is 0 Å². The minimum Gasteiger partial charge on any atom is -0.497 e. The molecule has 0 radical (unpaired) electrons. The molecule has 0 aliphatic carbocycles. The molecule has 0 spiro atoms. The summed E-state index contributed by atoms with van der Waals surface area (Å²) in [5, 5.41) is 2.82. The lowest BCUT2D eigenvalue weighted by atomic mass is 10.2. The number of nitrogens with zero attached hydrogens (tertiary/aromatic N) is 1. The first kappa shape index (κ1) is 16.6. The van der Waals surface area contributed by atoms with Crippen LogP contribution in [0.5, 0.6) is 17.4 Å². The molecule has 2 rings (SSSR count). The van der Waals surface area contributed by atoms with Gasteiger partial charge in [0, 0.05) is 18.2 Å². The summed E-state index contributed by atoms with van der Waals surface area (Å²) >= 11 is 0. The number of ether oxygens (including phenoxy) is 3. The summed E-state index contributed by atoms with van der Waals surface area (Å²) in [4.78, 5) is 16.4. The molecule has 1 aromatic carbocycles. The van der Waals surface area contributed by atoms with E-state index in [1.807, 2.05) is 13.0 Å². The first-order chi connectivity index (χ1) is 11.2. The van der Waals surface area contributed by atoms with Gasteiger partial charge in [0.1, 0.15) is 17.2 Å². The molecule has 1 aromatic heterocycles. The van der Waals surface area contributed by atoms with Crippen molar-refractivity contribution in [2.24, 2.45) is 0 Å². The van der Waals surface area contributed by atoms with E-state index in [4.69, 9.17) is 14.2 Å². The fraction of sp³-hybridized carbons (Fsp3) is 0.294. The highest BCUT2D eigenvalue weighted by molar-refractivity contribution is 5.92. The number of benzene rings is 1. The molecule has 1 heterocycles. The summed E-state index contributed by atoms with van der Waals surface area (Å²) in [7, 11) is 3.17. The maximum absolute atomic E-state index is 12.2. The number of rotatable bonds is 7. The van der Waals surface area contributed by atoms with Gasteiger partial charge in [-0.1, -0.05) is 6.07 Å². The molecule has 122 valence electrons. The molecule has 0 aliphatic rings. The molecule has 0 atom stereocenters. The third kappa shape index (κ3) is 4.35. The Bertz CT molecular complexity index is 673. The number of pyridine rings is 1. The van der Waals surface area contributed by atoms with Crippen LogP contribution in [0.1, 0.15) is 23.0 Å². The van der Waals surface area contributed by atoms with E-state index in [-0.39, 0.29) is 5.91 Å². The van der Waals surface area contributed by atoms with Gasteiger partial charge in [0.05, 0.1) is 20.8 Å². The van der Waals surface area contributed by atoms with Gasteiger partial charge in [-0.05, 0) is 31.2 Å². The van der Waals surface area contributed by atoms with Crippen LogP contribution in [-0.4, -0.2) is 31.7 Å². The van der Waals surface area contributed by atoms with Crippen molar-refractivity contribution in [1.82, 2.24) is 10.3 Å². The Hall–Kier alpha value is -2.76. The summed E-state index contributed by atoms with van der Waals surface area (Å²) in [6.45, 7) is 2.67. The van der Waals surface area contributed by atoms with Gasteiger partial charge in [-0.3, -0.25) is 4.79 Å². The molecule has 0 saturated heterocycles. The average molecular weight is 316 g/mol. The third-order valence-electron chi connectivity index (χ3n) is 3.18. The van der Waals surface area contributed by atoms with Crippen LogP contribution in [0.15, 0.2) is 36.4 Å². The Morgan fingerprint density at radius 3 is 2.70 bits per heavy atom. The van der Waals surface area contributed by atoms with Crippen LogP contribution in [-0.2, 0) is 6.54 Å². The highest BCUT2D eigenvalue weighted by atomic mass is 16.5. The van der Waals surface area contributed by atoms with Crippen molar-refractivity contribution in [2.75, 3.05) is 20.8 Å². The lowest BCUT2D eigenvalue weighted by molar-refractivity contribution is 0.0944. The zero-order valence-corrected chi connectivity index (χ0v) is 13.5. The molecule has 1 N–H and O–H groups in total. The van der Waals surface area contributed by atoms with E-state index in [1.165, 1.54) is 0 Å². The van der Waals surface area contributed by atoms with Crippen LogP contribution in [0.25, 0.3) is 0 Å². The topological polar surface area (TPSA) is 69.7 Å². The molecule has 0 unspecified atom stereocenters. The fourth-order valence-corrected chi connectivity index (χ4v) is 2.06. The van der Waals surface area contributed by atoms with Gasteiger partial charge in [-0.2, -0.15) is 0 Å². The number of hydrogen-bond donors (Lipinski definition) is 1. The molecular weight excluding hydrogens is 296 g/mol. The largest absolute Gasteiger partial charge is 0.497 e. The number of hydrogen-bond acceptors (Lipinski definition) is 5. The van der Waals surface area contributed by atoms with Crippen LogP contribution in [0.2, 0.25) is 0 Å². The number of carbonyl (C=O) groups is 1. The highest BCUT2D eigenvalue weighted by Gasteiger charge is 2.11. The van der Waals surface area contributed by atoms with Crippen molar-refractivity contribution >= 4 is 5.91 Å². The molecule has 1 amide bonds. The molecule has 0 aliphatic heterocycles. The second-order valence-electron chi connectivity index (χ2n) is 4.65. The fourth-order valence-electron chi connectivity index (χ4n) is 2.06. The molecule has 0 saturated carbocycles. The van der Waals surface area contributed by atoms with E-state index in [1.54, 1.807) is 44.6 Å². The van der Waals surface area contributed by atoms with Crippen molar-refractivity contribution in [3.05, 3.63) is 47.7 Å². The molecule has 6 nitrogen and oxygen atoms in total. The highest BCUT2D eigenvalue weighted by Crippen LogP contribution is 2.23. The normalized spacial score (nSPS) is 10.0. The van der Waals surface area contributed by atoms with Crippen molar-refractivity contribution < 1.29 is 19.0 Å². The summed E-state index contributed by atoms with van der Waals surface area (Å²) < 4.78 is 15.8. The van der Waals surface area contributed by atoms with Gasteiger partial charge in [0.2, 0.25) is 5.88 Å². The molecule has 2 aromatic rings. The predicted octanol–water partition coefficient (Wildman–Crippen LogP) is 2.43. The molecule has 23 heavy (non-hydrogen) atoms. The Kier molecular flexibility index (Phi) is 5.80. The first-order valence-corrected chi connectivity index (χ1v) is 7.27. The lowest BCUT2D eigenvalue weighted by Crippen LogP contribution is -2.24. The average Bonchev–Trinajstić information content (AvgIpc) is 2.59. The van der Waals surface area contributed by atoms with Crippen molar-refractivity contribution in [2.45, 2.75) is 13.5 Å². The van der Waals surface area contributed by atoms with Gasteiger partial charge in [-0.25, -0.2) is 4.98 Å². The van der Waals surface area contributed by atoms with Crippen LogP contribution in [0, 0.1) is 0 Å². The van der Waals surface area contributed by atoms with E-state index in [2.05, 4.69) is 10.3 Å². The Morgan fingerprint density at radius 2 is 2.00 bits per heavy atom. The van der Waals surface area contributed by atoms with Gasteiger partial charge in [-0.15, -0.1) is 0 Å². The van der Waals surface area contributed by atoms with E-state index in [9.17, 15) is 4.79 Å². The van der Waals surface area contributed by atoms with Crippen LogP contribution in [0.3, 0.4) is 0 Å². The molecule has 6 heteroatoms. The summed E-state index contributed by atoms with van der Waals surface area (Å²) in [5.41, 5.74) is 1.12. The summed E-state index contributed by atoms with van der Waals surface area (Å²) in [6.07, 6.45) is 0. The van der Waals surface area contributed by atoms with Crippen molar-refractivity contribution in [3.63, 3.8) is 0 Å². The van der Waals surface area contributed by atoms with Gasteiger partial charge in [0.15, 0.2) is 0 Å². The number of aromatic nitrogens is 1. The number of nitrogens with one attached hydrogen (secondary N) is 1. The minimum absolute atomic E-state index is 0.281.